The van der Waals surface area contributed by atoms with Crippen LogP contribution in [0.3, 0.4) is 0 Å². The molecule has 1 aromatic carbocycles. The highest BCUT2D eigenvalue weighted by molar-refractivity contribution is 7.09. The molecule has 2 aliphatic heterocycles. The Balaban J connectivity index is 0.000000201. The maximum atomic E-state index is 12.6. The van der Waals surface area contributed by atoms with Crippen molar-refractivity contribution in [2.75, 3.05) is 51.3 Å². The molecule has 2 saturated heterocycles. The van der Waals surface area contributed by atoms with Crippen LogP contribution in [0, 0.1) is 27.7 Å². The van der Waals surface area contributed by atoms with Crippen molar-refractivity contribution in [1.29, 1.82) is 0 Å². The Hall–Kier alpha value is -2.98. The normalized spacial score (nSPS) is 15.9. The van der Waals surface area contributed by atoms with Crippen molar-refractivity contribution in [3.8, 4) is 5.75 Å². The molecular formula is C32H47N5O3S2+2. The predicted molar refractivity (Wildman–Crippen MR) is 169 cm³/mol. The third-order valence-electron chi connectivity index (χ3n) is 8.47. The summed E-state index contributed by atoms with van der Waals surface area (Å²) in [5.41, 5.74) is 7.60. The van der Waals surface area contributed by atoms with Crippen LogP contribution in [0.25, 0.3) is 0 Å². The van der Waals surface area contributed by atoms with E-state index >= 15 is 0 Å². The van der Waals surface area contributed by atoms with Gasteiger partial charge in [-0.1, -0.05) is 54.1 Å². The van der Waals surface area contributed by atoms with Crippen molar-refractivity contribution in [3.63, 3.8) is 0 Å². The molecule has 0 radical (unpaired) electrons. The summed E-state index contributed by atoms with van der Waals surface area (Å²) in [4.78, 5) is 33.7. The number of hydrogen-bond donors (Lipinski definition) is 0. The van der Waals surface area contributed by atoms with Crippen molar-refractivity contribution in [2.45, 2.75) is 72.9 Å². The van der Waals surface area contributed by atoms with Gasteiger partial charge in [0.15, 0.2) is 11.4 Å². The molecule has 0 spiro atoms. The Morgan fingerprint density at radius 3 is 1.67 bits per heavy atom. The highest BCUT2D eigenvalue weighted by atomic mass is 32.1. The monoisotopic (exact) mass is 613 g/mol. The molecule has 0 atom stereocenters. The summed E-state index contributed by atoms with van der Waals surface area (Å²) in [6, 6.07) is 8.05. The number of amides is 2. The van der Waals surface area contributed by atoms with E-state index in [1.165, 1.54) is 40.4 Å². The Labute approximate surface area is 259 Å². The van der Waals surface area contributed by atoms with Gasteiger partial charge in [-0.25, -0.2) is 0 Å². The number of likely N-dealkylation sites (tertiary alicyclic amines) is 1. The molecule has 2 aliphatic rings. The number of hydrogen-bond acceptors (Lipinski definition) is 6. The number of piperazine rings is 1. The van der Waals surface area contributed by atoms with E-state index in [1.807, 2.05) is 28.6 Å². The molecule has 3 aromatic rings. The van der Waals surface area contributed by atoms with Gasteiger partial charge >= 0.3 is 0 Å². The SMILES string of the molecule is COc1ccccc1N1CCN(C(=O)C[n+]2csc(C)c2C)CC1.Cc1sc[n+](CC(=O)N2CCCCCCC2)c1C. The molecule has 0 unspecified atom stereocenters. The lowest BCUT2D eigenvalue weighted by Gasteiger charge is -2.36. The quantitative estimate of drug-likeness (QED) is 0.386. The number of aryl methyl sites for hydroxylation is 2. The van der Waals surface area contributed by atoms with Gasteiger partial charge in [0, 0.05) is 53.1 Å². The van der Waals surface area contributed by atoms with E-state index in [9.17, 15) is 9.59 Å². The molecular weight excluding hydrogens is 567 g/mol. The summed E-state index contributed by atoms with van der Waals surface area (Å²) in [7, 11) is 1.70. The Morgan fingerprint density at radius 1 is 0.714 bits per heavy atom. The van der Waals surface area contributed by atoms with Gasteiger partial charge in [0.05, 0.1) is 22.6 Å². The number of rotatable bonds is 6. The predicted octanol–water partition coefficient (Wildman–Crippen LogP) is 4.45. The van der Waals surface area contributed by atoms with Crippen molar-refractivity contribution >= 4 is 40.2 Å². The number of anilines is 1. The number of carbonyl (C=O) groups is 2. The highest BCUT2D eigenvalue weighted by Gasteiger charge is 2.26. The molecule has 2 fully saturated rings. The minimum absolute atomic E-state index is 0.195. The first-order valence-corrected chi connectivity index (χ1v) is 16.9. The van der Waals surface area contributed by atoms with E-state index in [0.717, 1.165) is 63.5 Å². The largest absolute Gasteiger partial charge is 0.495 e. The number of para-hydroxylation sites is 2. The topological polar surface area (TPSA) is 60.9 Å². The summed E-state index contributed by atoms with van der Waals surface area (Å²) < 4.78 is 9.58. The minimum atomic E-state index is 0.195. The number of thiazole rings is 2. The van der Waals surface area contributed by atoms with Gasteiger partial charge in [-0.05, 0) is 38.8 Å². The number of benzene rings is 1. The van der Waals surface area contributed by atoms with Gasteiger partial charge in [0.2, 0.25) is 24.1 Å². The molecule has 0 aliphatic carbocycles. The van der Waals surface area contributed by atoms with Crippen molar-refractivity contribution in [3.05, 3.63) is 56.4 Å². The lowest BCUT2D eigenvalue weighted by molar-refractivity contribution is -0.686. The van der Waals surface area contributed by atoms with Crippen LogP contribution < -0.4 is 18.8 Å². The maximum absolute atomic E-state index is 12.6. The van der Waals surface area contributed by atoms with Crippen LogP contribution in [-0.4, -0.2) is 68.0 Å². The first-order valence-electron chi connectivity index (χ1n) is 15.1. The van der Waals surface area contributed by atoms with E-state index in [2.05, 4.69) is 58.2 Å². The van der Waals surface area contributed by atoms with Crippen LogP contribution in [0.4, 0.5) is 5.69 Å². The van der Waals surface area contributed by atoms with Gasteiger partial charge in [0.25, 0.3) is 11.8 Å². The van der Waals surface area contributed by atoms with Gasteiger partial charge in [-0.15, -0.1) is 0 Å². The van der Waals surface area contributed by atoms with Crippen LogP contribution >= 0.6 is 22.7 Å². The summed E-state index contributed by atoms with van der Waals surface area (Å²) >= 11 is 3.41. The van der Waals surface area contributed by atoms with Crippen molar-refractivity contribution in [2.24, 2.45) is 0 Å². The standard InChI is InChI=1S/C18H24N3O2S.C14H23N2OS/c1-14-15(2)24-13-21(14)12-18(22)20-10-8-19(9-11-20)16-6-4-5-7-17(16)23-3;1-12-13(2)18-11-16(12)10-14(17)15-8-6-4-3-5-7-9-15/h4-7,13H,8-12H2,1-3H3;11H,3-10H2,1-2H3/q2*+1. The third kappa shape index (κ3) is 8.31. The molecule has 42 heavy (non-hydrogen) atoms. The van der Waals surface area contributed by atoms with Crippen molar-refractivity contribution < 1.29 is 23.5 Å². The summed E-state index contributed by atoms with van der Waals surface area (Å²) in [6.07, 6.45) is 6.21. The van der Waals surface area contributed by atoms with Crippen molar-refractivity contribution in [1.82, 2.24) is 9.80 Å². The average Bonchev–Trinajstić information content (AvgIpc) is 3.47. The van der Waals surface area contributed by atoms with Gasteiger partial charge < -0.3 is 19.4 Å². The van der Waals surface area contributed by atoms with Crippen LogP contribution in [-0.2, 0) is 22.7 Å². The zero-order valence-corrected chi connectivity index (χ0v) is 27.6. The number of nitrogens with zero attached hydrogens (tertiary/aromatic N) is 5. The molecule has 4 heterocycles. The van der Waals surface area contributed by atoms with Gasteiger partial charge in [-0.2, -0.15) is 9.13 Å². The molecule has 0 saturated carbocycles. The van der Waals surface area contributed by atoms with E-state index in [1.54, 1.807) is 29.8 Å². The lowest BCUT2D eigenvalue weighted by atomic mass is 10.1. The Bertz CT molecular complexity index is 1320. The number of methoxy groups -OCH3 is 1. The summed E-state index contributed by atoms with van der Waals surface area (Å²) in [5.74, 6) is 1.36. The minimum Gasteiger partial charge on any atom is -0.495 e. The van der Waals surface area contributed by atoms with E-state index < -0.39 is 0 Å². The zero-order valence-electron chi connectivity index (χ0n) is 25.9. The molecule has 0 bridgehead atoms. The Kier molecular flexibility index (Phi) is 11.8. The van der Waals surface area contributed by atoms with Crippen LogP contribution in [0.1, 0.15) is 53.2 Å². The smallest absolute Gasteiger partial charge is 0.288 e. The summed E-state index contributed by atoms with van der Waals surface area (Å²) in [6.45, 7) is 14.4. The fourth-order valence-corrected chi connectivity index (χ4v) is 7.02. The average molecular weight is 614 g/mol. The maximum Gasteiger partial charge on any atom is 0.288 e. The first kappa shape index (κ1) is 31.9. The number of aromatic nitrogens is 2. The van der Waals surface area contributed by atoms with Crippen LogP contribution in [0.2, 0.25) is 0 Å². The van der Waals surface area contributed by atoms with Gasteiger partial charge in [-0.3, -0.25) is 9.59 Å². The second kappa shape index (κ2) is 15.5. The molecule has 228 valence electrons. The second-order valence-corrected chi connectivity index (χ2v) is 13.3. The van der Waals surface area contributed by atoms with Crippen LogP contribution in [0.5, 0.6) is 5.75 Å². The molecule has 2 amide bonds. The molecule has 0 N–H and O–H groups in total. The van der Waals surface area contributed by atoms with E-state index in [4.69, 9.17) is 4.74 Å². The third-order valence-corrected chi connectivity index (χ3v) is 10.5. The Morgan fingerprint density at radius 2 is 1.19 bits per heavy atom. The van der Waals surface area contributed by atoms with Gasteiger partial charge in [0.1, 0.15) is 5.75 Å². The second-order valence-electron chi connectivity index (χ2n) is 11.2. The number of carbonyl (C=O) groups excluding carboxylic acids is 2. The fraction of sp³-hybridized carbons (Fsp3) is 0.562. The molecule has 10 heteroatoms. The zero-order chi connectivity index (χ0) is 30.1. The van der Waals surface area contributed by atoms with Crippen LogP contribution in [0.15, 0.2) is 35.3 Å². The highest BCUT2D eigenvalue weighted by Crippen LogP contribution is 2.28. The first-order chi connectivity index (χ1) is 20.3. The molecule has 8 nitrogen and oxygen atoms in total. The fourth-order valence-electron chi connectivity index (χ4n) is 5.41. The molecule has 2 aromatic heterocycles. The summed E-state index contributed by atoms with van der Waals surface area (Å²) in [5, 5.41) is 0. The van der Waals surface area contributed by atoms with E-state index in [-0.39, 0.29) is 11.8 Å². The molecule has 5 rings (SSSR count). The lowest BCUT2D eigenvalue weighted by Crippen LogP contribution is -2.52. The van der Waals surface area contributed by atoms with E-state index in [0.29, 0.717) is 13.1 Å². The number of ether oxygens (including phenoxy) is 1.